The van der Waals surface area contributed by atoms with Gasteiger partial charge >= 0.3 is 0 Å². The molecule has 1 fully saturated rings. The first-order chi connectivity index (χ1) is 19.0. The molecule has 2 aliphatic heterocycles. The number of pyridine rings is 1. The van der Waals surface area contributed by atoms with Crippen molar-refractivity contribution in [2.24, 2.45) is 11.3 Å². The average molecular weight is 634 g/mol. The SMILES string of the molecule is C[C@H](O)C(=O)N1CCC(C(Cn2c(Sc3cc4c(cc3Br)OCO4)nc3c(N)nccc32)NCC(C)(C)C)CC1. The second-order valence-electron chi connectivity index (χ2n) is 11.7. The summed E-state index contributed by atoms with van der Waals surface area (Å²) in [7, 11) is 0. The van der Waals surface area contributed by atoms with E-state index in [9.17, 15) is 9.90 Å². The van der Waals surface area contributed by atoms with E-state index in [4.69, 9.17) is 20.2 Å². The largest absolute Gasteiger partial charge is 0.454 e. The number of halogens is 1. The van der Waals surface area contributed by atoms with Gasteiger partial charge in [0.1, 0.15) is 11.6 Å². The summed E-state index contributed by atoms with van der Waals surface area (Å²) in [5.74, 6) is 1.95. The van der Waals surface area contributed by atoms with Crippen LogP contribution in [-0.4, -0.2) is 69.0 Å². The molecule has 5 rings (SSSR count). The van der Waals surface area contributed by atoms with E-state index in [1.165, 1.54) is 18.7 Å². The van der Waals surface area contributed by atoms with Crippen LogP contribution in [0.1, 0.15) is 40.5 Å². The zero-order chi connectivity index (χ0) is 28.6. The topological polar surface area (TPSA) is 128 Å². The number of nitrogens with zero attached hydrogens (tertiary/aromatic N) is 4. The molecule has 12 heteroatoms. The number of piperidine rings is 1. The summed E-state index contributed by atoms with van der Waals surface area (Å²) in [6, 6.07) is 5.98. The predicted molar refractivity (Wildman–Crippen MR) is 159 cm³/mol. The molecular weight excluding hydrogens is 596 g/mol. The Kier molecular flexibility index (Phi) is 8.51. The van der Waals surface area contributed by atoms with Crippen molar-refractivity contribution in [3.05, 3.63) is 28.9 Å². The summed E-state index contributed by atoms with van der Waals surface area (Å²) >= 11 is 5.22. The number of imidazole rings is 1. The summed E-state index contributed by atoms with van der Waals surface area (Å²) in [5, 5.41) is 14.4. The molecule has 216 valence electrons. The van der Waals surface area contributed by atoms with Gasteiger partial charge in [0.2, 0.25) is 6.79 Å². The number of fused-ring (bicyclic) bond motifs is 2. The number of aliphatic hydroxyl groups excluding tert-OH is 1. The number of carbonyl (C=O) groups is 1. The Morgan fingerprint density at radius 2 is 1.98 bits per heavy atom. The fraction of sp³-hybridized carbons (Fsp3) is 0.536. The lowest BCUT2D eigenvalue weighted by Crippen LogP contribution is -2.49. The molecular formula is C28H37BrN6O4S. The standard InChI is InChI=1S/C28H37BrN6O4S/c1-16(36)26(37)34-9-6-17(7-10-34)19(32-14-28(2,3)4)13-35-20-5-8-31-25(30)24(20)33-27(35)40-23-12-22-21(11-18(23)29)38-15-39-22/h5,8,11-12,16-17,19,32,36H,6-7,9-10,13-15H2,1-4H3,(H2,30,31)/t16-,19?/m0/s1. The number of hydrogen-bond acceptors (Lipinski definition) is 9. The van der Waals surface area contributed by atoms with Crippen LogP contribution in [0.25, 0.3) is 11.0 Å². The number of nitrogen functional groups attached to an aromatic ring is 1. The first-order valence-electron chi connectivity index (χ1n) is 13.6. The molecule has 1 saturated heterocycles. The van der Waals surface area contributed by atoms with E-state index < -0.39 is 6.10 Å². The molecule has 10 nitrogen and oxygen atoms in total. The fourth-order valence-corrected chi connectivity index (χ4v) is 6.69. The fourth-order valence-electron chi connectivity index (χ4n) is 5.18. The first-order valence-corrected chi connectivity index (χ1v) is 15.2. The van der Waals surface area contributed by atoms with E-state index in [0.717, 1.165) is 39.4 Å². The van der Waals surface area contributed by atoms with E-state index in [2.05, 4.69) is 51.6 Å². The summed E-state index contributed by atoms with van der Waals surface area (Å²) in [5.41, 5.74) is 7.98. The van der Waals surface area contributed by atoms with Crippen molar-refractivity contribution in [3.63, 3.8) is 0 Å². The smallest absolute Gasteiger partial charge is 0.251 e. The number of anilines is 1. The molecule has 0 bridgehead atoms. The number of likely N-dealkylation sites (tertiary alicyclic amines) is 1. The molecule has 3 aromatic rings. The minimum atomic E-state index is -0.974. The van der Waals surface area contributed by atoms with Crippen LogP contribution in [0, 0.1) is 11.3 Å². The van der Waals surface area contributed by atoms with Crippen molar-refractivity contribution in [1.82, 2.24) is 24.8 Å². The van der Waals surface area contributed by atoms with Crippen LogP contribution >= 0.6 is 27.7 Å². The lowest BCUT2D eigenvalue weighted by atomic mass is 9.87. The Bertz CT molecular complexity index is 1380. The second-order valence-corrected chi connectivity index (χ2v) is 13.6. The van der Waals surface area contributed by atoms with Gasteiger partial charge in [0.25, 0.3) is 5.91 Å². The number of rotatable bonds is 8. The van der Waals surface area contributed by atoms with Gasteiger partial charge in [-0.15, -0.1) is 0 Å². The van der Waals surface area contributed by atoms with Gasteiger partial charge in [-0.3, -0.25) is 4.79 Å². The van der Waals surface area contributed by atoms with Gasteiger partial charge in [-0.2, -0.15) is 0 Å². The maximum Gasteiger partial charge on any atom is 0.251 e. The minimum Gasteiger partial charge on any atom is -0.454 e. The maximum atomic E-state index is 12.4. The van der Waals surface area contributed by atoms with E-state index in [1.807, 2.05) is 18.2 Å². The molecule has 1 unspecified atom stereocenters. The Morgan fingerprint density at radius 3 is 2.65 bits per heavy atom. The molecule has 0 spiro atoms. The molecule has 4 N–H and O–H groups in total. The van der Waals surface area contributed by atoms with Crippen LogP contribution in [0.15, 0.2) is 38.9 Å². The summed E-state index contributed by atoms with van der Waals surface area (Å²) < 4.78 is 14.3. The van der Waals surface area contributed by atoms with Crippen LogP contribution in [0.4, 0.5) is 5.82 Å². The molecule has 0 radical (unpaired) electrons. The third-order valence-electron chi connectivity index (χ3n) is 7.34. The van der Waals surface area contributed by atoms with E-state index in [-0.39, 0.29) is 24.2 Å². The normalized spacial score (nSPS) is 17.4. The van der Waals surface area contributed by atoms with Crippen LogP contribution in [0.5, 0.6) is 11.5 Å². The summed E-state index contributed by atoms with van der Waals surface area (Å²) in [4.78, 5) is 24.3. The number of ether oxygens (including phenoxy) is 2. The molecule has 4 heterocycles. The van der Waals surface area contributed by atoms with Crippen molar-refractivity contribution in [2.75, 3.05) is 32.2 Å². The van der Waals surface area contributed by atoms with Gasteiger partial charge in [-0.05, 0) is 65.2 Å². The van der Waals surface area contributed by atoms with Crippen molar-refractivity contribution < 1.29 is 19.4 Å². The molecule has 40 heavy (non-hydrogen) atoms. The summed E-state index contributed by atoms with van der Waals surface area (Å²) in [6.07, 6.45) is 2.45. The Labute approximate surface area is 247 Å². The number of carbonyl (C=O) groups excluding carboxylic acids is 1. The highest BCUT2D eigenvalue weighted by Gasteiger charge is 2.32. The van der Waals surface area contributed by atoms with Crippen LogP contribution in [-0.2, 0) is 11.3 Å². The Balaban J connectivity index is 1.46. The average Bonchev–Trinajstić information content (AvgIpc) is 3.50. The number of nitrogens with one attached hydrogen (secondary N) is 1. The highest BCUT2D eigenvalue weighted by molar-refractivity contribution is 9.10. The molecule has 0 aliphatic carbocycles. The maximum absolute atomic E-state index is 12.4. The van der Waals surface area contributed by atoms with E-state index in [0.29, 0.717) is 48.4 Å². The van der Waals surface area contributed by atoms with Crippen LogP contribution < -0.4 is 20.5 Å². The number of hydrogen-bond donors (Lipinski definition) is 3. The highest BCUT2D eigenvalue weighted by Crippen LogP contribution is 2.43. The molecule has 2 aromatic heterocycles. The molecule has 1 aromatic carbocycles. The summed E-state index contributed by atoms with van der Waals surface area (Å²) in [6.45, 7) is 11.2. The van der Waals surface area contributed by atoms with E-state index >= 15 is 0 Å². The molecule has 2 atom stereocenters. The molecule has 0 saturated carbocycles. The molecule has 2 aliphatic rings. The van der Waals surface area contributed by atoms with Gasteiger partial charge in [-0.1, -0.05) is 32.5 Å². The van der Waals surface area contributed by atoms with Crippen molar-refractivity contribution in [2.45, 2.75) is 69.3 Å². The third kappa shape index (κ3) is 6.35. The van der Waals surface area contributed by atoms with Gasteiger partial charge in [0.05, 0.1) is 5.52 Å². The zero-order valence-electron chi connectivity index (χ0n) is 23.3. The molecule has 1 amide bonds. The van der Waals surface area contributed by atoms with Crippen molar-refractivity contribution in [3.8, 4) is 11.5 Å². The minimum absolute atomic E-state index is 0.0987. The van der Waals surface area contributed by atoms with Crippen LogP contribution in [0.2, 0.25) is 0 Å². The van der Waals surface area contributed by atoms with Crippen molar-refractivity contribution >= 4 is 50.5 Å². The van der Waals surface area contributed by atoms with Gasteiger partial charge in [0.15, 0.2) is 22.5 Å². The van der Waals surface area contributed by atoms with E-state index in [1.54, 1.807) is 11.1 Å². The number of benzene rings is 1. The van der Waals surface area contributed by atoms with Crippen LogP contribution in [0.3, 0.4) is 0 Å². The van der Waals surface area contributed by atoms with Gasteiger partial charge in [0, 0.05) is 47.8 Å². The monoisotopic (exact) mass is 632 g/mol. The predicted octanol–water partition coefficient (Wildman–Crippen LogP) is 4.28. The third-order valence-corrected chi connectivity index (χ3v) is 9.31. The number of aromatic nitrogens is 3. The second kappa shape index (κ2) is 11.8. The number of amides is 1. The quantitative estimate of drug-likeness (QED) is 0.333. The zero-order valence-corrected chi connectivity index (χ0v) is 25.7. The lowest BCUT2D eigenvalue weighted by Gasteiger charge is -2.38. The Hall–Kier alpha value is -2.54. The number of nitrogens with two attached hydrogens (primary N) is 1. The van der Waals surface area contributed by atoms with Crippen molar-refractivity contribution in [1.29, 1.82) is 0 Å². The van der Waals surface area contributed by atoms with Gasteiger partial charge in [-0.25, -0.2) is 9.97 Å². The lowest BCUT2D eigenvalue weighted by molar-refractivity contribution is -0.140. The highest BCUT2D eigenvalue weighted by atomic mass is 79.9. The number of aliphatic hydroxyl groups is 1. The first kappa shape index (κ1) is 29.0. The Morgan fingerprint density at radius 1 is 1.27 bits per heavy atom. The van der Waals surface area contributed by atoms with Gasteiger partial charge < -0.3 is 35.1 Å².